The molecule has 2 aliphatic carbocycles. The second kappa shape index (κ2) is 12.1. The van der Waals surface area contributed by atoms with E-state index in [1.807, 2.05) is 19.1 Å². The Balaban J connectivity index is 1.71. The molecule has 6 heteroatoms. The Labute approximate surface area is 239 Å². The predicted octanol–water partition coefficient (Wildman–Crippen LogP) is 8.88. The fraction of sp³-hybridized carbons (Fsp3) is 0.636. The number of rotatable bonds is 11. The fourth-order valence-corrected chi connectivity index (χ4v) is 6.50. The van der Waals surface area contributed by atoms with Gasteiger partial charge in [-0.15, -0.1) is 0 Å². The van der Waals surface area contributed by atoms with Crippen LogP contribution in [0, 0.1) is 10.8 Å². The number of benzene rings is 1. The van der Waals surface area contributed by atoms with Crippen molar-refractivity contribution in [1.82, 2.24) is 0 Å². The number of allylic oxidation sites excluding steroid dienone is 4. The van der Waals surface area contributed by atoms with Crippen molar-refractivity contribution in [2.75, 3.05) is 13.2 Å². The van der Waals surface area contributed by atoms with Gasteiger partial charge in [0, 0.05) is 42.7 Å². The van der Waals surface area contributed by atoms with Crippen molar-refractivity contribution in [3.05, 3.63) is 45.4 Å². The second-order valence-corrected chi connectivity index (χ2v) is 13.4. The maximum Gasteiger partial charge on any atom is 0.179 e. The van der Waals surface area contributed by atoms with Crippen LogP contribution in [0.15, 0.2) is 34.8 Å². The normalized spacial score (nSPS) is 20.5. The van der Waals surface area contributed by atoms with E-state index in [-0.39, 0.29) is 22.4 Å². The van der Waals surface area contributed by atoms with Gasteiger partial charge in [-0.25, -0.2) is 0 Å². The third kappa shape index (κ3) is 6.73. The number of carbonyl (C=O) groups is 2. The van der Waals surface area contributed by atoms with Crippen LogP contribution < -0.4 is 9.47 Å². The summed E-state index contributed by atoms with van der Waals surface area (Å²) in [4.78, 5) is 27.2. The van der Waals surface area contributed by atoms with Crippen LogP contribution in [0.5, 0.6) is 11.5 Å². The highest BCUT2D eigenvalue weighted by molar-refractivity contribution is 6.32. The van der Waals surface area contributed by atoms with Crippen molar-refractivity contribution < 1.29 is 23.8 Å². The number of halogens is 1. The van der Waals surface area contributed by atoms with Gasteiger partial charge in [-0.2, -0.15) is 0 Å². The first-order valence-corrected chi connectivity index (χ1v) is 15.1. The Hall–Kier alpha value is -2.27. The maximum absolute atomic E-state index is 13.6. The van der Waals surface area contributed by atoms with E-state index in [2.05, 4.69) is 34.6 Å². The summed E-state index contributed by atoms with van der Waals surface area (Å²) < 4.78 is 18.6. The molecule has 0 atom stereocenters. The number of ether oxygens (including phenoxy) is 3. The summed E-state index contributed by atoms with van der Waals surface area (Å²) in [7, 11) is 0. The van der Waals surface area contributed by atoms with Crippen molar-refractivity contribution >= 4 is 23.2 Å². The molecular formula is C33H45ClO5. The molecule has 0 amide bonds. The van der Waals surface area contributed by atoms with Gasteiger partial charge < -0.3 is 14.2 Å². The van der Waals surface area contributed by atoms with Gasteiger partial charge in [-0.1, -0.05) is 78.3 Å². The van der Waals surface area contributed by atoms with Crippen LogP contribution in [0.1, 0.15) is 117 Å². The Morgan fingerprint density at radius 2 is 1.38 bits per heavy atom. The Morgan fingerprint density at radius 3 is 1.95 bits per heavy atom. The molecule has 0 fully saturated rings. The molecule has 1 heterocycles. The first-order valence-electron chi connectivity index (χ1n) is 14.8. The average molecular weight is 557 g/mol. The van der Waals surface area contributed by atoms with Gasteiger partial charge in [-0.05, 0) is 41.9 Å². The van der Waals surface area contributed by atoms with Gasteiger partial charge in [0.2, 0.25) is 0 Å². The first-order chi connectivity index (χ1) is 18.5. The van der Waals surface area contributed by atoms with Crippen LogP contribution in [0.25, 0.3) is 0 Å². The van der Waals surface area contributed by atoms with E-state index in [1.165, 1.54) is 25.7 Å². The molecule has 0 aromatic heterocycles. The highest BCUT2D eigenvalue weighted by Gasteiger charge is 2.48. The molecular weight excluding hydrogens is 512 g/mol. The molecule has 1 aromatic carbocycles. The lowest BCUT2D eigenvalue weighted by Gasteiger charge is -2.42. The zero-order valence-corrected chi connectivity index (χ0v) is 25.4. The molecule has 0 N–H and O–H groups in total. The molecule has 0 unspecified atom stereocenters. The van der Waals surface area contributed by atoms with Gasteiger partial charge in [0.25, 0.3) is 0 Å². The summed E-state index contributed by atoms with van der Waals surface area (Å²) in [5, 5.41) is 0.435. The summed E-state index contributed by atoms with van der Waals surface area (Å²) in [6, 6.07) is 3.77. The fourth-order valence-electron chi connectivity index (χ4n) is 6.22. The van der Waals surface area contributed by atoms with Gasteiger partial charge in [-0.3, -0.25) is 9.59 Å². The highest BCUT2D eigenvalue weighted by atomic mass is 35.5. The van der Waals surface area contributed by atoms with Gasteiger partial charge in [0.15, 0.2) is 23.1 Å². The van der Waals surface area contributed by atoms with Crippen molar-refractivity contribution in [3.63, 3.8) is 0 Å². The second-order valence-electron chi connectivity index (χ2n) is 13.0. The first kappa shape index (κ1) is 29.7. The van der Waals surface area contributed by atoms with Crippen molar-refractivity contribution in [2.45, 2.75) is 112 Å². The van der Waals surface area contributed by atoms with E-state index >= 15 is 0 Å². The summed E-state index contributed by atoms with van der Waals surface area (Å²) in [5.74, 6) is 2.03. The van der Waals surface area contributed by atoms with E-state index in [9.17, 15) is 9.59 Å². The SMILES string of the molecule is CCCCCCCCOc1c(Cl)cc(C2C3=C(CC(C)(C)CC3=O)OC3=C2C(=O)CC(C)(C)C3)cc1OCC. The smallest absolute Gasteiger partial charge is 0.179 e. The lowest BCUT2D eigenvalue weighted by atomic mass is 9.65. The number of hydrogen-bond acceptors (Lipinski definition) is 5. The summed E-state index contributed by atoms with van der Waals surface area (Å²) in [5.41, 5.74) is 1.57. The van der Waals surface area contributed by atoms with E-state index in [1.54, 1.807) is 0 Å². The van der Waals surface area contributed by atoms with Gasteiger partial charge >= 0.3 is 0 Å². The van der Waals surface area contributed by atoms with Crippen molar-refractivity contribution in [2.24, 2.45) is 10.8 Å². The molecule has 3 aliphatic rings. The quantitative estimate of drug-likeness (QED) is 0.255. The molecule has 4 rings (SSSR count). The number of hydrogen-bond donors (Lipinski definition) is 0. The molecule has 39 heavy (non-hydrogen) atoms. The summed E-state index contributed by atoms with van der Waals surface area (Å²) in [6.07, 6.45) is 9.17. The van der Waals surface area contributed by atoms with Crippen LogP contribution in [0.2, 0.25) is 5.02 Å². The molecule has 0 saturated heterocycles. The molecule has 5 nitrogen and oxygen atoms in total. The topological polar surface area (TPSA) is 61.8 Å². The molecule has 214 valence electrons. The maximum atomic E-state index is 13.6. The van der Waals surface area contributed by atoms with Crippen LogP contribution in [0.3, 0.4) is 0 Å². The van der Waals surface area contributed by atoms with E-state index in [0.29, 0.717) is 78.1 Å². The summed E-state index contributed by atoms with van der Waals surface area (Å²) in [6.45, 7) is 13.5. The number of carbonyl (C=O) groups excluding carboxylic acids is 2. The third-order valence-corrected chi connectivity index (χ3v) is 8.27. The zero-order valence-electron chi connectivity index (χ0n) is 24.6. The van der Waals surface area contributed by atoms with Crippen molar-refractivity contribution in [3.8, 4) is 11.5 Å². The third-order valence-electron chi connectivity index (χ3n) is 7.99. The summed E-state index contributed by atoms with van der Waals surface area (Å²) >= 11 is 6.85. The van der Waals surface area contributed by atoms with Gasteiger partial charge in [0.1, 0.15) is 11.5 Å². The zero-order chi connectivity index (χ0) is 28.4. The van der Waals surface area contributed by atoms with E-state index in [4.69, 9.17) is 25.8 Å². The number of ketones is 2. The molecule has 0 spiro atoms. The molecule has 0 saturated carbocycles. The monoisotopic (exact) mass is 556 g/mol. The van der Waals surface area contributed by atoms with E-state index in [0.717, 1.165) is 18.4 Å². The minimum absolute atomic E-state index is 0.0351. The Bertz CT molecular complexity index is 1120. The number of Topliss-reactive ketones (excluding diaryl/α,β-unsaturated/α-hetero) is 2. The van der Waals surface area contributed by atoms with Crippen LogP contribution in [-0.4, -0.2) is 24.8 Å². The molecule has 1 aromatic rings. The molecule has 0 radical (unpaired) electrons. The predicted molar refractivity (Wildman–Crippen MR) is 155 cm³/mol. The van der Waals surface area contributed by atoms with Crippen molar-refractivity contribution in [1.29, 1.82) is 0 Å². The highest BCUT2D eigenvalue weighted by Crippen LogP contribution is 2.54. The van der Waals surface area contributed by atoms with Crippen LogP contribution >= 0.6 is 11.6 Å². The standard InChI is InChI=1S/C33H45ClO5/c1-7-9-10-11-12-13-14-38-31-22(34)15-21(16-25(31)37-8-2)28-29-23(35)17-32(3,4)19-26(29)39-27-20-33(5,6)18-24(36)30(27)28/h15-16,28H,7-14,17-20H2,1-6H3. The van der Waals surface area contributed by atoms with Gasteiger partial charge in [0.05, 0.1) is 18.2 Å². The van der Waals surface area contributed by atoms with Crippen LogP contribution in [0.4, 0.5) is 0 Å². The lowest BCUT2D eigenvalue weighted by molar-refractivity contribution is -0.120. The lowest BCUT2D eigenvalue weighted by Crippen LogP contribution is -2.37. The Morgan fingerprint density at radius 1 is 0.821 bits per heavy atom. The minimum atomic E-state index is -0.514. The Kier molecular flexibility index (Phi) is 9.20. The van der Waals surface area contributed by atoms with Crippen LogP contribution in [-0.2, 0) is 14.3 Å². The van der Waals surface area contributed by atoms with E-state index < -0.39 is 5.92 Å². The average Bonchev–Trinajstić information content (AvgIpc) is 2.82. The number of unbranched alkanes of at least 4 members (excludes halogenated alkanes) is 5. The largest absolute Gasteiger partial charge is 0.490 e. The molecule has 0 bridgehead atoms. The molecule has 1 aliphatic heterocycles. The minimum Gasteiger partial charge on any atom is -0.490 e.